The molecule has 0 fully saturated rings. The molecule has 0 aliphatic heterocycles. The number of guanidine groups is 1. The number of benzene rings is 1. The van der Waals surface area contributed by atoms with Crippen molar-refractivity contribution in [3.63, 3.8) is 0 Å². The molecule has 0 saturated carbocycles. The highest BCUT2D eigenvalue weighted by Gasteiger charge is 2.13. The van der Waals surface area contributed by atoms with E-state index in [9.17, 15) is 0 Å². The molecule has 1 aromatic rings. The number of aryl methyl sites for hydroxylation is 1. The van der Waals surface area contributed by atoms with Crippen LogP contribution in [0.4, 0.5) is 0 Å². The van der Waals surface area contributed by atoms with E-state index >= 15 is 0 Å². The lowest BCUT2D eigenvalue weighted by atomic mass is 10.0. The summed E-state index contributed by atoms with van der Waals surface area (Å²) in [5.41, 5.74) is 2.36. The average Bonchev–Trinajstić information content (AvgIpc) is 2.50. The van der Waals surface area contributed by atoms with Crippen LogP contribution in [0.1, 0.15) is 31.0 Å². The van der Waals surface area contributed by atoms with Crippen molar-refractivity contribution in [2.45, 2.75) is 32.1 Å². The summed E-state index contributed by atoms with van der Waals surface area (Å²) in [6.07, 6.45) is 2.11. The summed E-state index contributed by atoms with van der Waals surface area (Å²) < 4.78 is 5.45. The number of rotatable bonds is 6. The van der Waals surface area contributed by atoms with Gasteiger partial charge in [-0.25, -0.2) is 0 Å². The van der Waals surface area contributed by atoms with Gasteiger partial charge in [0.2, 0.25) is 0 Å². The lowest BCUT2D eigenvalue weighted by Gasteiger charge is -2.21. The van der Waals surface area contributed by atoms with E-state index in [-0.39, 0.29) is 6.04 Å². The first kappa shape index (κ1) is 17.7. The summed E-state index contributed by atoms with van der Waals surface area (Å²) in [7, 11) is 3.49. The molecule has 0 saturated heterocycles. The third-order valence-corrected chi connectivity index (χ3v) is 4.36. The van der Waals surface area contributed by atoms with E-state index in [1.165, 1.54) is 5.56 Å². The molecule has 2 N–H and O–H groups in total. The van der Waals surface area contributed by atoms with Crippen LogP contribution < -0.4 is 15.4 Å². The van der Waals surface area contributed by atoms with E-state index in [1.54, 1.807) is 14.2 Å². The van der Waals surface area contributed by atoms with Gasteiger partial charge in [0.25, 0.3) is 0 Å². The van der Waals surface area contributed by atoms with Crippen LogP contribution >= 0.6 is 11.8 Å². The third kappa shape index (κ3) is 5.50. The van der Waals surface area contributed by atoms with E-state index in [0.29, 0.717) is 5.25 Å². The van der Waals surface area contributed by atoms with Gasteiger partial charge in [0.1, 0.15) is 5.75 Å². The highest BCUT2D eigenvalue weighted by molar-refractivity contribution is 7.99. The van der Waals surface area contributed by atoms with Crippen molar-refractivity contribution in [1.29, 1.82) is 0 Å². The summed E-state index contributed by atoms with van der Waals surface area (Å²) in [6, 6.07) is 6.33. The predicted molar refractivity (Wildman–Crippen MR) is 93.6 cm³/mol. The van der Waals surface area contributed by atoms with Gasteiger partial charge < -0.3 is 15.4 Å². The number of hydrogen-bond acceptors (Lipinski definition) is 3. The third-order valence-electron chi connectivity index (χ3n) is 3.39. The smallest absolute Gasteiger partial charge is 0.191 e. The van der Waals surface area contributed by atoms with Crippen LogP contribution in [0.3, 0.4) is 0 Å². The molecule has 1 rings (SSSR count). The van der Waals surface area contributed by atoms with Crippen LogP contribution in [0, 0.1) is 6.92 Å². The van der Waals surface area contributed by atoms with E-state index in [2.05, 4.69) is 54.8 Å². The largest absolute Gasteiger partial charge is 0.496 e. The molecule has 5 heteroatoms. The Morgan fingerprint density at radius 1 is 1.38 bits per heavy atom. The molecule has 0 amide bonds. The van der Waals surface area contributed by atoms with Crippen LogP contribution in [-0.4, -0.2) is 38.2 Å². The van der Waals surface area contributed by atoms with Gasteiger partial charge in [0, 0.05) is 24.4 Å². The van der Waals surface area contributed by atoms with Gasteiger partial charge >= 0.3 is 0 Å². The highest BCUT2D eigenvalue weighted by atomic mass is 32.2. The number of thioether (sulfide) groups is 1. The summed E-state index contributed by atoms with van der Waals surface area (Å²) in [5.74, 6) is 1.71. The second kappa shape index (κ2) is 8.82. The van der Waals surface area contributed by atoms with Crippen LogP contribution in [-0.2, 0) is 0 Å². The fourth-order valence-corrected chi connectivity index (χ4v) is 2.24. The normalized spacial score (nSPS) is 14.5. The lowest BCUT2D eigenvalue weighted by Crippen LogP contribution is -2.41. The Balaban J connectivity index is 2.74. The summed E-state index contributed by atoms with van der Waals surface area (Å²) >= 11 is 1.84. The Labute approximate surface area is 132 Å². The van der Waals surface area contributed by atoms with Crippen LogP contribution in [0.25, 0.3) is 0 Å². The topological polar surface area (TPSA) is 45.7 Å². The van der Waals surface area contributed by atoms with Gasteiger partial charge in [0.05, 0.1) is 13.2 Å². The van der Waals surface area contributed by atoms with E-state index in [0.717, 1.165) is 23.8 Å². The fraction of sp³-hybridized carbons (Fsp3) is 0.562. The molecule has 0 aliphatic carbocycles. The number of aliphatic imine (C=N–C) groups is 1. The molecule has 2 unspecified atom stereocenters. The molecule has 4 nitrogen and oxygen atoms in total. The SMILES string of the molecule is CN=C(NCC(C)SC)NC(C)c1cc(C)ccc1OC. The zero-order valence-electron chi connectivity index (χ0n) is 13.9. The summed E-state index contributed by atoms with van der Waals surface area (Å²) in [4.78, 5) is 4.28. The van der Waals surface area contributed by atoms with Gasteiger partial charge in [0.15, 0.2) is 5.96 Å². The van der Waals surface area contributed by atoms with Crippen molar-refractivity contribution in [3.8, 4) is 5.75 Å². The molecule has 0 bridgehead atoms. The molecule has 21 heavy (non-hydrogen) atoms. The van der Waals surface area contributed by atoms with Gasteiger partial charge in [-0.3, -0.25) is 4.99 Å². The maximum Gasteiger partial charge on any atom is 0.191 e. The second-order valence-electron chi connectivity index (χ2n) is 5.11. The molecule has 118 valence electrons. The highest BCUT2D eigenvalue weighted by Crippen LogP contribution is 2.25. The number of methoxy groups -OCH3 is 1. The Morgan fingerprint density at radius 2 is 2.10 bits per heavy atom. The van der Waals surface area contributed by atoms with Crippen molar-refractivity contribution in [3.05, 3.63) is 29.3 Å². The van der Waals surface area contributed by atoms with Gasteiger partial charge in [-0.15, -0.1) is 0 Å². The first-order chi connectivity index (χ1) is 10.0. The minimum absolute atomic E-state index is 0.121. The molecule has 1 aromatic carbocycles. The van der Waals surface area contributed by atoms with Crippen LogP contribution in [0.5, 0.6) is 5.75 Å². The number of ether oxygens (including phenoxy) is 1. The number of hydrogen-bond donors (Lipinski definition) is 2. The number of nitrogens with one attached hydrogen (secondary N) is 2. The summed E-state index contributed by atoms with van der Waals surface area (Å²) in [5, 5.41) is 7.31. The predicted octanol–water partition coefficient (Wildman–Crippen LogP) is 2.98. The quantitative estimate of drug-likeness (QED) is 0.626. The van der Waals surface area contributed by atoms with Crippen LogP contribution in [0.15, 0.2) is 23.2 Å². The molecule has 0 radical (unpaired) electrons. The second-order valence-corrected chi connectivity index (χ2v) is 6.39. The van der Waals surface area contributed by atoms with E-state index in [4.69, 9.17) is 4.74 Å². The van der Waals surface area contributed by atoms with Crippen molar-refractivity contribution in [2.24, 2.45) is 4.99 Å². The van der Waals surface area contributed by atoms with Crippen molar-refractivity contribution in [2.75, 3.05) is 27.0 Å². The fourth-order valence-electron chi connectivity index (χ4n) is 1.99. The van der Waals surface area contributed by atoms with Crippen molar-refractivity contribution >= 4 is 17.7 Å². The van der Waals surface area contributed by atoms with Crippen LogP contribution in [0.2, 0.25) is 0 Å². The summed E-state index contributed by atoms with van der Waals surface area (Å²) in [6.45, 7) is 7.28. The lowest BCUT2D eigenvalue weighted by molar-refractivity contribution is 0.405. The molecule has 0 aromatic heterocycles. The Hall–Kier alpha value is -1.36. The zero-order chi connectivity index (χ0) is 15.8. The minimum Gasteiger partial charge on any atom is -0.496 e. The zero-order valence-corrected chi connectivity index (χ0v) is 14.7. The monoisotopic (exact) mass is 309 g/mol. The van der Waals surface area contributed by atoms with E-state index < -0.39 is 0 Å². The first-order valence-corrected chi connectivity index (χ1v) is 8.45. The Morgan fingerprint density at radius 3 is 2.67 bits per heavy atom. The van der Waals surface area contributed by atoms with Gasteiger partial charge in [-0.1, -0.05) is 24.6 Å². The molecule has 2 atom stereocenters. The standard InChI is InChI=1S/C16H27N3OS/c1-11-7-8-15(20-5)14(9-11)13(3)19-16(17-4)18-10-12(2)21-6/h7-9,12-13H,10H2,1-6H3,(H2,17,18,19). The molecular formula is C16H27N3OS. The number of nitrogens with zero attached hydrogens (tertiary/aromatic N) is 1. The first-order valence-electron chi connectivity index (χ1n) is 7.16. The molecular weight excluding hydrogens is 282 g/mol. The van der Waals surface area contributed by atoms with Crippen molar-refractivity contribution < 1.29 is 4.74 Å². The van der Waals surface area contributed by atoms with Gasteiger partial charge in [-0.05, 0) is 26.2 Å². The maximum absolute atomic E-state index is 5.45. The molecule has 0 heterocycles. The Bertz CT molecular complexity index is 477. The average molecular weight is 309 g/mol. The van der Waals surface area contributed by atoms with Gasteiger partial charge in [-0.2, -0.15) is 11.8 Å². The van der Waals surface area contributed by atoms with E-state index in [1.807, 2.05) is 17.8 Å². The maximum atomic E-state index is 5.45. The Kier molecular flexibility index (Phi) is 7.43. The molecule has 0 spiro atoms. The van der Waals surface area contributed by atoms with Crippen molar-refractivity contribution in [1.82, 2.24) is 10.6 Å². The minimum atomic E-state index is 0.121. The molecule has 0 aliphatic rings.